The highest BCUT2D eigenvalue weighted by Crippen LogP contribution is 2.42. The SMILES string of the molecule is CC(C)C1=C(C(=O)O)C(c2ccc(F)cc2)C(C(=O)O)=C(c2ccc(F)cc2)N1. The van der Waals surface area contributed by atoms with Crippen LogP contribution in [0.4, 0.5) is 8.78 Å². The molecular formula is C22H19F2NO4. The van der Waals surface area contributed by atoms with Gasteiger partial charge >= 0.3 is 11.9 Å². The van der Waals surface area contributed by atoms with Crippen molar-refractivity contribution in [3.63, 3.8) is 0 Å². The number of carboxylic acid groups (broad SMARTS) is 2. The van der Waals surface area contributed by atoms with Gasteiger partial charge < -0.3 is 15.5 Å². The molecule has 3 rings (SSSR count). The number of hydrogen-bond donors (Lipinski definition) is 3. The molecule has 0 fully saturated rings. The highest BCUT2D eigenvalue weighted by molar-refractivity contribution is 6.04. The van der Waals surface area contributed by atoms with Crippen molar-refractivity contribution in [3.05, 3.63) is 88.1 Å². The molecule has 0 spiro atoms. The Morgan fingerprint density at radius 3 is 1.79 bits per heavy atom. The number of dihydropyridines is 1. The summed E-state index contributed by atoms with van der Waals surface area (Å²) in [5.41, 5.74) is 0.940. The number of allylic oxidation sites excluding steroid dienone is 1. The molecule has 1 atom stereocenters. The molecule has 3 N–H and O–H groups in total. The number of nitrogens with one attached hydrogen (secondary N) is 1. The first-order chi connectivity index (χ1) is 13.7. The lowest BCUT2D eigenvalue weighted by Crippen LogP contribution is -2.34. The summed E-state index contributed by atoms with van der Waals surface area (Å²) in [7, 11) is 0. The molecule has 150 valence electrons. The van der Waals surface area contributed by atoms with Gasteiger partial charge in [0.25, 0.3) is 0 Å². The fraction of sp³-hybridized carbons (Fsp3) is 0.182. The monoisotopic (exact) mass is 399 g/mol. The van der Waals surface area contributed by atoms with Crippen molar-refractivity contribution in [2.45, 2.75) is 19.8 Å². The number of carbonyl (C=O) groups is 2. The predicted molar refractivity (Wildman–Crippen MR) is 103 cm³/mol. The van der Waals surface area contributed by atoms with Crippen LogP contribution in [0.2, 0.25) is 0 Å². The number of hydrogen-bond acceptors (Lipinski definition) is 3. The van der Waals surface area contributed by atoms with E-state index < -0.39 is 29.5 Å². The Hall–Kier alpha value is -3.48. The van der Waals surface area contributed by atoms with Crippen LogP contribution in [0.3, 0.4) is 0 Å². The molecular weight excluding hydrogens is 380 g/mol. The maximum Gasteiger partial charge on any atom is 0.334 e. The topological polar surface area (TPSA) is 86.6 Å². The third kappa shape index (κ3) is 3.89. The van der Waals surface area contributed by atoms with E-state index in [0.717, 1.165) is 12.1 Å². The van der Waals surface area contributed by atoms with E-state index in [0.29, 0.717) is 16.8 Å². The Bertz CT molecular complexity index is 1020. The van der Waals surface area contributed by atoms with Gasteiger partial charge in [-0.3, -0.25) is 0 Å². The molecule has 1 unspecified atom stereocenters. The Morgan fingerprint density at radius 1 is 0.862 bits per heavy atom. The number of rotatable bonds is 5. The molecule has 0 radical (unpaired) electrons. The molecule has 2 aromatic rings. The molecule has 1 aliphatic heterocycles. The lowest BCUT2D eigenvalue weighted by molar-refractivity contribution is -0.133. The average molecular weight is 399 g/mol. The molecule has 0 aromatic heterocycles. The van der Waals surface area contributed by atoms with Crippen molar-refractivity contribution in [3.8, 4) is 0 Å². The van der Waals surface area contributed by atoms with Gasteiger partial charge in [-0.15, -0.1) is 0 Å². The third-order valence-electron chi connectivity index (χ3n) is 4.77. The molecule has 0 saturated heterocycles. The van der Waals surface area contributed by atoms with E-state index in [2.05, 4.69) is 5.32 Å². The Morgan fingerprint density at radius 2 is 1.34 bits per heavy atom. The smallest absolute Gasteiger partial charge is 0.334 e. The van der Waals surface area contributed by atoms with Gasteiger partial charge in [0.05, 0.1) is 22.8 Å². The Kier molecular flexibility index (Phi) is 5.50. The summed E-state index contributed by atoms with van der Waals surface area (Å²) in [5, 5.41) is 22.8. The molecule has 0 amide bonds. The van der Waals surface area contributed by atoms with Gasteiger partial charge in [-0.1, -0.05) is 26.0 Å². The van der Waals surface area contributed by atoms with Gasteiger partial charge in [0.2, 0.25) is 0 Å². The second kappa shape index (κ2) is 7.87. The van der Waals surface area contributed by atoms with Crippen LogP contribution < -0.4 is 5.32 Å². The number of aliphatic carboxylic acids is 2. The van der Waals surface area contributed by atoms with Crippen LogP contribution in [0.25, 0.3) is 5.70 Å². The number of benzene rings is 2. The minimum atomic E-state index is -1.33. The van der Waals surface area contributed by atoms with Gasteiger partial charge in [-0.2, -0.15) is 0 Å². The Labute approximate surface area is 166 Å². The largest absolute Gasteiger partial charge is 0.478 e. The van der Waals surface area contributed by atoms with Crippen LogP contribution in [0, 0.1) is 17.6 Å². The lowest BCUT2D eigenvalue weighted by Gasteiger charge is -2.33. The summed E-state index contributed by atoms with van der Waals surface area (Å²) >= 11 is 0. The van der Waals surface area contributed by atoms with Crippen molar-refractivity contribution in [2.24, 2.45) is 5.92 Å². The van der Waals surface area contributed by atoms with Crippen LogP contribution in [0.15, 0.2) is 65.4 Å². The van der Waals surface area contributed by atoms with Crippen LogP contribution in [0.5, 0.6) is 0 Å². The molecule has 0 bridgehead atoms. The van der Waals surface area contributed by atoms with Crippen molar-refractivity contribution in [1.82, 2.24) is 5.32 Å². The Balaban J connectivity index is 2.34. The number of halogens is 2. The minimum absolute atomic E-state index is 0.116. The van der Waals surface area contributed by atoms with Crippen molar-refractivity contribution in [1.29, 1.82) is 0 Å². The van der Waals surface area contributed by atoms with E-state index in [1.54, 1.807) is 13.8 Å². The van der Waals surface area contributed by atoms with Gasteiger partial charge in [-0.05, 0) is 53.4 Å². The normalized spacial score (nSPS) is 16.8. The van der Waals surface area contributed by atoms with Gasteiger partial charge in [0.1, 0.15) is 11.6 Å². The van der Waals surface area contributed by atoms with Gasteiger partial charge in [0, 0.05) is 5.70 Å². The zero-order valence-corrected chi connectivity index (χ0v) is 15.7. The zero-order chi connectivity index (χ0) is 21.3. The summed E-state index contributed by atoms with van der Waals surface area (Å²) in [5.74, 6) is -5.01. The molecule has 2 aromatic carbocycles. The fourth-order valence-electron chi connectivity index (χ4n) is 3.47. The van der Waals surface area contributed by atoms with E-state index in [1.165, 1.54) is 36.4 Å². The van der Waals surface area contributed by atoms with E-state index in [4.69, 9.17) is 0 Å². The van der Waals surface area contributed by atoms with E-state index >= 15 is 0 Å². The summed E-state index contributed by atoms with van der Waals surface area (Å²) in [6.45, 7) is 3.56. The summed E-state index contributed by atoms with van der Waals surface area (Å²) in [4.78, 5) is 24.4. The van der Waals surface area contributed by atoms with Crippen molar-refractivity contribution < 1.29 is 28.6 Å². The second-order valence-electron chi connectivity index (χ2n) is 7.00. The van der Waals surface area contributed by atoms with E-state index in [9.17, 15) is 28.6 Å². The standard InChI is InChI=1S/C22H19F2NO4/c1-11(2)19-17(21(26)27)16(12-3-7-14(23)8-4-12)18(22(28)29)20(25-19)13-5-9-15(24)10-6-13/h3-11,16,25H,1-2H3,(H,26,27)(H,28,29). The molecule has 0 saturated carbocycles. The predicted octanol–water partition coefficient (Wildman–Crippen LogP) is 4.14. The van der Waals surface area contributed by atoms with E-state index in [-0.39, 0.29) is 22.8 Å². The fourth-order valence-corrected chi connectivity index (χ4v) is 3.47. The third-order valence-corrected chi connectivity index (χ3v) is 4.77. The maximum absolute atomic E-state index is 13.4. The van der Waals surface area contributed by atoms with Crippen molar-refractivity contribution in [2.75, 3.05) is 0 Å². The first-order valence-electron chi connectivity index (χ1n) is 8.94. The summed E-state index contributed by atoms with van der Waals surface area (Å²) in [6, 6.07) is 10.3. The highest BCUT2D eigenvalue weighted by Gasteiger charge is 2.39. The summed E-state index contributed by atoms with van der Waals surface area (Å²) in [6.07, 6.45) is 0. The quantitative estimate of drug-likeness (QED) is 0.703. The zero-order valence-electron chi connectivity index (χ0n) is 15.7. The summed E-state index contributed by atoms with van der Waals surface area (Å²) < 4.78 is 26.8. The van der Waals surface area contributed by atoms with Crippen LogP contribution >= 0.6 is 0 Å². The average Bonchev–Trinajstić information content (AvgIpc) is 2.67. The van der Waals surface area contributed by atoms with Crippen LogP contribution in [-0.2, 0) is 9.59 Å². The number of carboxylic acids is 2. The molecule has 29 heavy (non-hydrogen) atoms. The van der Waals surface area contributed by atoms with Gasteiger partial charge in [0.15, 0.2) is 0 Å². The molecule has 0 aliphatic carbocycles. The van der Waals surface area contributed by atoms with Crippen LogP contribution in [0.1, 0.15) is 30.9 Å². The second-order valence-corrected chi connectivity index (χ2v) is 7.00. The maximum atomic E-state index is 13.4. The van der Waals surface area contributed by atoms with Crippen molar-refractivity contribution >= 4 is 17.6 Å². The molecule has 5 nitrogen and oxygen atoms in total. The lowest BCUT2D eigenvalue weighted by atomic mass is 9.77. The highest BCUT2D eigenvalue weighted by atomic mass is 19.1. The minimum Gasteiger partial charge on any atom is -0.478 e. The molecule has 1 heterocycles. The molecule has 1 aliphatic rings. The first kappa shape index (κ1) is 20.3. The first-order valence-corrected chi connectivity index (χ1v) is 8.94. The van der Waals surface area contributed by atoms with Crippen LogP contribution in [-0.4, -0.2) is 22.2 Å². The van der Waals surface area contributed by atoms with Gasteiger partial charge in [-0.25, -0.2) is 18.4 Å². The molecule has 7 heteroatoms. The van der Waals surface area contributed by atoms with E-state index in [1.807, 2.05) is 0 Å².